The van der Waals surface area contributed by atoms with Crippen molar-refractivity contribution < 1.29 is 14.7 Å². The van der Waals surface area contributed by atoms with Crippen LogP contribution >= 0.6 is 11.5 Å². The van der Waals surface area contributed by atoms with Gasteiger partial charge in [0.25, 0.3) is 5.91 Å². The first kappa shape index (κ1) is 12.7. The van der Waals surface area contributed by atoms with Crippen LogP contribution in [0.15, 0.2) is 29.6 Å². The molecule has 3 rings (SSSR count). The van der Waals surface area contributed by atoms with Crippen LogP contribution in [-0.2, 0) is 11.2 Å². The van der Waals surface area contributed by atoms with Crippen LogP contribution in [0, 0.1) is 0 Å². The number of carbonyl (C=O) groups excluding carboxylic acids is 1. The van der Waals surface area contributed by atoms with Crippen molar-refractivity contribution in [2.24, 2.45) is 0 Å². The molecule has 0 saturated heterocycles. The number of nitrogens with zero attached hydrogens (tertiary/aromatic N) is 3. The van der Waals surface area contributed by atoms with Crippen molar-refractivity contribution in [1.29, 1.82) is 0 Å². The average molecular weight is 289 g/mol. The summed E-state index contributed by atoms with van der Waals surface area (Å²) < 4.78 is 3.65. The number of amides is 1. The van der Waals surface area contributed by atoms with Gasteiger partial charge in [-0.05, 0) is 29.1 Å². The molecule has 0 saturated carbocycles. The summed E-state index contributed by atoms with van der Waals surface area (Å²) >= 11 is 1.07. The molecule has 1 aromatic carbocycles. The Morgan fingerprint density at radius 3 is 2.85 bits per heavy atom. The lowest BCUT2D eigenvalue weighted by Crippen LogP contribution is -2.43. The van der Waals surface area contributed by atoms with E-state index in [-0.39, 0.29) is 11.6 Å². The third-order valence-electron chi connectivity index (χ3n) is 3.36. The van der Waals surface area contributed by atoms with Gasteiger partial charge in [-0.3, -0.25) is 4.79 Å². The Hall–Kier alpha value is -2.28. The van der Waals surface area contributed by atoms with E-state index in [1.165, 1.54) is 10.3 Å². The van der Waals surface area contributed by atoms with Gasteiger partial charge >= 0.3 is 5.97 Å². The first-order chi connectivity index (χ1) is 9.68. The zero-order valence-corrected chi connectivity index (χ0v) is 11.2. The minimum atomic E-state index is -1.03. The first-order valence-electron chi connectivity index (χ1n) is 6.07. The van der Waals surface area contributed by atoms with Gasteiger partial charge in [0, 0.05) is 11.9 Å². The topological polar surface area (TPSA) is 83.4 Å². The summed E-state index contributed by atoms with van der Waals surface area (Å²) in [6.45, 7) is 0.365. The fraction of sp³-hybridized carbons (Fsp3) is 0.231. The number of rotatable bonds is 2. The van der Waals surface area contributed by atoms with E-state index < -0.39 is 12.0 Å². The Bertz CT molecular complexity index is 657. The Morgan fingerprint density at radius 1 is 1.35 bits per heavy atom. The molecule has 6 nitrogen and oxygen atoms in total. The zero-order valence-electron chi connectivity index (χ0n) is 10.4. The molecule has 1 atom stereocenters. The number of benzene rings is 1. The lowest BCUT2D eigenvalue weighted by Gasteiger charge is -2.34. The van der Waals surface area contributed by atoms with E-state index in [1.54, 1.807) is 12.1 Å². The Morgan fingerprint density at radius 2 is 2.15 bits per heavy atom. The highest BCUT2D eigenvalue weighted by atomic mass is 32.1. The van der Waals surface area contributed by atoms with E-state index in [0.29, 0.717) is 18.5 Å². The van der Waals surface area contributed by atoms with Crippen molar-refractivity contribution in [3.63, 3.8) is 0 Å². The monoisotopic (exact) mass is 289 g/mol. The van der Waals surface area contributed by atoms with Crippen molar-refractivity contribution in [1.82, 2.24) is 14.5 Å². The number of aliphatic carboxylic acids is 1. The van der Waals surface area contributed by atoms with Crippen LogP contribution in [0.3, 0.4) is 0 Å². The maximum Gasteiger partial charge on any atom is 0.331 e. The van der Waals surface area contributed by atoms with Gasteiger partial charge in [0.2, 0.25) is 0 Å². The van der Waals surface area contributed by atoms with Crippen LogP contribution in [-0.4, -0.2) is 38.0 Å². The molecule has 7 heteroatoms. The van der Waals surface area contributed by atoms with E-state index in [1.807, 2.05) is 12.1 Å². The molecule has 0 aliphatic carbocycles. The quantitative estimate of drug-likeness (QED) is 0.902. The lowest BCUT2D eigenvalue weighted by molar-refractivity contribution is -0.143. The van der Waals surface area contributed by atoms with Crippen LogP contribution < -0.4 is 0 Å². The molecule has 1 N–H and O–H groups in total. The number of fused-ring (bicyclic) bond motifs is 1. The molecule has 0 bridgehead atoms. The van der Waals surface area contributed by atoms with Crippen LogP contribution in [0.4, 0.5) is 0 Å². The highest BCUT2D eigenvalue weighted by Gasteiger charge is 2.36. The average Bonchev–Trinajstić information content (AvgIpc) is 2.99. The van der Waals surface area contributed by atoms with Crippen LogP contribution in [0.1, 0.15) is 27.7 Å². The smallest absolute Gasteiger partial charge is 0.331 e. The van der Waals surface area contributed by atoms with E-state index in [2.05, 4.69) is 9.59 Å². The molecular weight excluding hydrogens is 278 g/mol. The molecule has 0 fully saturated rings. The molecule has 0 spiro atoms. The third kappa shape index (κ3) is 2.05. The van der Waals surface area contributed by atoms with Crippen LogP contribution in [0.25, 0.3) is 0 Å². The summed E-state index contributed by atoms with van der Waals surface area (Å²) in [7, 11) is 0. The van der Waals surface area contributed by atoms with Crippen molar-refractivity contribution in [3.8, 4) is 0 Å². The maximum atomic E-state index is 12.4. The Labute approximate surface area is 118 Å². The largest absolute Gasteiger partial charge is 0.479 e. The van der Waals surface area contributed by atoms with Crippen molar-refractivity contribution in [3.05, 3.63) is 46.5 Å². The normalized spacial score (nSPS) is 17.6. The predicted octanol–water partition coefficient (Wildman–Crippen LogP) is 1.36. The van der Waals surface area contributed by atoms with Crippen molar-refractivity contribution >= 4 is 23.4 Å². The first-order valence-corrected chi connectivity index (χ1v) is 6.91. The number of aromatic nitrogens is 2. The third-order valence-corrected chi connectivity index (χ3v) is 3.86. The van der Waals surface area contributed by atoms with Gasteiger partial charge in [-0.1, -0.05) is 28.8 Å². The fourth-order valence-corrected chi connectivity index (χ4v) is 2.89. The molecule has 0 radical (unpaired) electrons. The lowest BCUT2D eigenvalue weighted by atomic mass is 9.92. The number of hydrogen-bond donors (Lipinski definition) is 1. The maximum absolute atomic E-state index is 12.4. The number of carbonyl (C=O) groups is 2. The van der Waals surface area contributed by atoms with Crippen molar-refractivity contribution in [2.75, 3.05) is 6.54 Å². The van der Waals surface area contributed by atoms with Gasteiger partial charge in [0.15, 0.2) is 11.7 Å². The van der Waals surface area contributed by atoms with Gasteiger partial charge in [-0.25, -0.2) is 4.79 Å². The minimum Gasteiger partial charge on any atom is -0.479 e. The van der Waals surface area contributed by atoms with Crippen LogP contribution in [0.5, 0.6) is 0 Å². The van der Waals surface area contributed by atoms with E-state index in [0.717, 1.165) is 17.1 Å². The second-order valence-corrected chi connectivity index (χ2v) is 5.09. The van der Waals surface area contributed by atoms with E-state index in [4.69, 9.17) is 0 Å². The molecule has 2 heterocycles. The summed E-state index contributed by atoms with van der Waals surface area (Å²) in [5, 5.41) is 14.7. The molecule has 1 amide bonds. The molecule has 20 heavy (non-hydrogen) atoms. The SMILES string of the molecule is O=C(O)C1c2ccccc2CCN1C(=O)c1csnn1. The van der Waals surface area contributed by atoms with Gasteiger partial charge in [-0.2, -0.15) is 0 Å². The van der Waals surface area contributed by atoms with Crippen molar-refractivity contribution in [2.45, 2.75) is 12.5 Å². The summed E-state index contributed by atoms with van der Waals surface area (Å²) in [5.74, 6) is -1.42. The number of hydrogen-bond acceptors (Lipinski definition) is 5. The second kappa shape index (κ2) is 5.01. The molecule has 1 aliphatic heterocycles. The van der Waals surface area contributed by atoms with Gasteiger partial charge in [-0.15, -0.1) is 5.10 Å². The van der Waals surface area contributed by atoms with Crippen LogP contribution in [0.2, 0.25) is 0 Å². The summed E-state index contributed by atoms with van der Waals surface area (Å²) in [5.41, 5.74) is 1.84. The highest BCUT2D eigenvalue weighted by Crippen LogP contribution is 2.30. The molecule has 1 unspecified atom stereocenters. The van der Waals surface area contributed by atoms with Gasteiger partial charge in [0.1, 0.15) is 0 Å². The number of carboxylic acids is 1. The Kier molecular flexibility index (Phi) is 3.19. The standard InChI is InChI=1S/C13H11N3O3S/c17-12(10-7-20-15-14-10)16-6-5-8-3-1-2-4-9(8)11(16)13(18)19/h1-4,7,11H,5-6H2,(H,18,19). The van der Waals surface area contributed by atoms with Gasteiger partial charge in [0.05, 0.1) is 0 Å². The molecular formula is C13H11N3O3S. The number of carboxylic acid groups (broad SMARTS) is 1. The summed E-state index contributed by atoms with van der Waals surface area (Å²) in [6, 6.07) is 6.35. The molecule has 1 aromatic heterocycles. The fourth-order valence-electron chi connectivity index (χ4n) is 2.46. The van der Waals surface area contributed by atoms with Gasteiger partial charge < -0.3 is 10.0 Å². The molecule has 1 aliphatic rings. The zero-order chi connectivity index (χ0) is 14.1. The van der Waals surface area contributed by atoms with E-state index in [9.17, 15) is 14.7 Å². The summed E-state index contributed by atoms with van der Waals surface area (Å²) in [6.07, 6.45) is 0.642. The molecule has 102 valence electrons. The Balaban J connectivity index is 2.01. The minimum absolute atomic E-state index is 0.195. The molecule has 2 aromatic rings. The highest BCUT2D eigenvalue weighted by molar-refractivity contribution is 7.03. The summed E-state index contributed by atoms with van der Waals surface area (Å²) in [4.78, 5) is 25.3. The predicted molar refractivity (Wildman–Crippen MR) is 71.5 cm³/mol. The second-order valence-electron chi connectivity index (χ2n) is 4.48. The van der Waals surface area contributed by atoms with E-state index >= 15 is 0 Å².